The third-order valence-corrected chi connectivity index (χ3v) is 6.06. The highest BCUT2D eigenvalue weighted by molar-refractivity contribution is 7.92. The van der Waals surface area contributed by atoms with Gasteiger partial charge in [-0.15, -0.1) is 0 Å². The Balaban J connectivity index is 2.16. The maximum atomic E-state index is 12.1. The van der Waals surface area contributed by atoms with Crippen molar-refractivity contribution in [1.82, 2.24) is 0 Å². The van der Waals surface area contributed by atoms with Crippen molar-refractivity contribution in [1.29, 1.82) is 0 Å². The van der Waals surface area contributed by atoms with Crippen LogP contribution < -0.4 is 4.31 Å². The van der Waals surface area contributed by atoms with E-state index in [1.165, 1.54) is 30.2 Å². The Morgan fingerprint density at radius 2 is 1.85 bits per heavy atom. The number of hydrogen-bond donors (Lipinski definition) is 0. The largest absolute Gasteiger partial charge is 0.269 e. The van der Waals surface area contributed by atoms with Gasteiger partial charge in [-0.1, -0.05) is 38.8 Å². The van der Waals surface area contributed by atoms with Crippen LogP contribution >= 0.6 is 0 Å². The molecule has 2 aliphatic rings. The minimum absolute atomic E-state index is 0.0773. The molecule has 20 heavy (non-hydrogen) atoms. The summed E-state index contributed by atoms with van der Waals surface area (Å²) in [5, 5.41) is 0. The van der Waals surface area contributed by atoms with Gasteiger partial charge in [-0.05, 0) is 36.0 Å². The minimum Gasteiger partial charge on any atom is -0.269 e. The highest BCUT2D eigenvalue weighted by Crippen LogP contribution is 2.51. The number of sulfonamides is 1. The lowest BCUT2D eigenvalue weighted by molar-refractivity contribution is 0.477. The number of hydrogen-bond acceptors (Lipinski definition) is 2. The highest BCUT2D eigenvalue weighted by Gasteiger charge is 2.46. The van der Waals surface area contributed by atoms with E-state index in [1.807, 2.05) is 0 Å². The van der Waals surface area contributed by atoms with Gasteiger partial charge < -0.3 is 0 Å². The van der Waals surface area contributed by atoms with Crippen molar-refractivity contribution in [2.24, 2.45) is 0 Å². The Morgan fingerprint density at radius 3 is 2.40 bits per heavy atom. The smallest absolute Gasteiger partial charge is 0.232 e. The molecule has 1 heterocycles. The average molecular weight is 293 g/mol. The molecule has 110 valence electrons. The summed E-state index contributed by atoms with van der Waals surface area (Å²) in [6.45, 7) is 4.93. The molecule has 0 unspecified atom stereocenters. The van der Waals surface area contributed by atoms with Crippen molar-refractivity contribution < 1.29 is 8.42 Å². The molecule has 0 amide bonds. The van der Waals surface area contributed by atoms with Gasteiger partial charge in [-0.25, -0.2) is 8.42 Å². The van der Waals surface area contributed by atoms with Gasteiger partial charge >= 0.3 is 0 Å². The first kappa shape index (κ1) is 13.9. The summed E-state index contributed by atoms with van der Waals surface area (Å²) in [5.74, 6) is 0.418. The molecule has 0 N–H and O–H groups in total. The molecule has 0 bridgehead atoms. The van der Waals surface area contributed by atoms with Gasteiger partial charge in [-0.2, -0.15) is 0 Å². The molecule has 1 aliphatic carbocycles. The van der Waals surface area contributed by atoms with Crippen molar-refractivity contribution in [3.05, 3.63) is 29.3 Å². The zero-order valence-electron chi connectivity index (χ0n) is 12.5. The van der Waals surface area contributed by atoms with Crippen molar-refractivity contribution in [2.45, 2.75) is 50.9 Å². The molecule has 1 fully saturated rings. The lowest BCUT2D eigenvalue weighted by Gasteiger charge is -2.24. The summed E-state index contributed by atoms with van der Waals surface area (Å²) < 4.78 is 25.9. The Kier molecular flexibility index (Phi) is 3.12. The first-order valence-corrected chi connectivity index (χ1v) is 9.30. The van der Waals surface area contributed by atoms with Gasteiger partial charge in [0.05, 0.1) is 11.9 Å². The van der Waals surface area contributed by atoms with E-state index < -0.39 is 10.0 Å². The van der Waals surface area contributed by atoms with E-state index >= 15 is 0 Å². The van der Waals surface area contributed by atoms with Gasteiger partial charge in [-0.3, -0.25) is 4.31 Å². The highest BCUT2D eigenvalue weighted by atomic mass is 32.2. The zero-order chi connectivity index (χ0) is 14.5. The molecular formula is C16H23NO2S. The molecular weight excluding hydrogens is 270 g/mol. The monoisotopic (exact) mass is 293 g/mol. The van der Waals surface area contributed by atoms with Gasteiger partial charge in [0.2, 0.25) is 10.0 Å². The van der Waals surface area contributed by atoms with E-state index in [0.717, 1.165) is 18.5 Å². The number of benzene rings is 1. The van der Waals surface area contributed by atoms with Crippen LogP contribution in [0.4, 0.5) is 5.69 Å². The van der Waals surface area contributed by atoms with E-state index in [4.69, 9.17) is 0 Å². The Labute approximate surface area is 122 Å². The van der Waals surface area contributed by atoms with Crippen LogP contribution in [0.25, 0.3) is 0 Å². The molecule has 0 radical (unpaired) electrons. The summed E-state index contributed by atoms with van der Waals surface area (Å²) in [6, 6.07) is 6.45. The van der Waals surface area contributed by atoms with Crippen molar-refractivity contribution in [2.75, 3.05) is 17.1 Å². The van der Waals surface area contributed by atoms with E-state index in [9.17, 15) is 8.42 Å². The third kappa shape index (κ3) is 2.05. The molecule has 3 nitrogen and oxygen atoms in total. The summed E-state index contributed by atoms with van der Waals surface area (Å²) in [4.78, 5) is 0. The van der Waals surface area contributed by atoms with Crippen LogP contribution in [0.15, 0.2) is 18.2 Å². The first-order chi connectivity index (χ1) is 9.33. The Bertz CT molecular complexity index is 628. The lowest BCUT2D eigenvalue weighted by Crippen LogP contribution is -2.34. The molecule has 1 saturated carbocycles. The first-order valence-electron chi connectivity index (χ1n) is 7.46. The lowest BCUT2D eigenvalue weighted by atomic mass is 9.80. The number of rotatable bonds is 2. The van der Waals surface area contributed by atoms with Crippen molar-refractivity contribution in [3.8, 4) is 0 Å². The Morgan fingerprint density at radius 1 is 1.20 bits per heavy atom. The second kappa shape index (κ2) is 4.48. The van der Waals surface area contributed by atoms with Crippen LogP contribution in [0.1, 0.15) is 56.6 Å². The molecule has 3 rings (SSSR count). The quantitative estimate of drug-likeness (QED) is 0.838. The molecule has 1 aromatic carbocycles. The standard InChI is InChI=1S/C16H23NO2S/c1-12(2)13-6-7-14-15(10-13)17(20(3,18)19)11-16(14)8-4-5-9-16/h6-7,10,12H,4-5,8-9,11H2,1-3H3. The molecule has 0 aromatic heterocycles. The molecule has 1 spiro atoms. The third-order valence-electron chi connectivity index (χ3n) is 4.94. The van der Waals surface area contributed by atoms with Crippen LogP contribution in [0.5, 0.6) is 0 Å². The minimum atomic E-state index is -3.19. The maximum Gasteiger partial charge on any atom is 0.232 e. The Hall–Kier alpha value is -1.03. The van der Waals surface area contributed by atoms with Gasteiger partial charge in [0.15, 0.2) is 0 Å². The van der Waals surface area contributed by atoms with Crippen molar-refractivity contribution in [3.63, 3.8) is 0 Å². The molecule has 1 aliphatic heterocycles. The molecule has 0 atom stereocenters. The van der Waals surface area contributed by atoms with Crippen LogP contribution in [-0.2, 0) is 15.4 Å². The van der Waals surface area contributed by atoms with Crippen LogP contribution in [0, 0.1) is 0 Å². The summed E-state index contributed by atoms with van der Waals surface area (Å²) in [7, 11) is -3.19. The zero-order valence-corrected chi connectivity index (χ0v) is 13.3. The fourth-order valence-electron chi connectivity index (χ4n) is 3.78. The predicted molar refractivity (Wildman–Crippen MR) is 82.9 cm³/mol. The second-order valence-electron chi connectivity index (χ2n) is 6.69. The van der Waals surface area contributed by atoms with Gasteiger partial charge in [0, 0.05) is 12.0 Å². The van der Waals surface area contributed by atoms with Gasteiger partial charge in [0.25, 0.3) is 0 Å². The predicted octanol–water partition coefficient (Wildman–Crippen LogP) is 3.40. The summed E-state index contributed by atoms with van der Waals surface area (Å²) in [5.41, 5.74) is 3.48. The molecule has 0 saturated heterocycles. The van der Waals surface area contributed by atoms with Gasteiger partial charge in [0.1, 0.15) is 0 Å². The van der Waals surface area contributed by atoms with E-state index in [1.54, 1.807) is 4.31 Å². The molecule has 4 heteroatoms. The molecule has 1 aromatic rings. The summed E-state index contributed by atoms with van der Waals surface area (Å²) >= 11 is 0. The normalized spacial score (nSPS) is 20.9. The number of nitrogens with zero attached hydrogens (tertiary/aromatic N) is 1. The van der Waals surface area contributed by atoms with Crippen LogP contribution in [0.2, 0.25) is 0 Å². The van der Waals surface area contributed by atoms with Crippen LogP contribution in [0.3, 0.4) is 0 Å². The summed E-state index contributed by atoms with van der Waals surface area (Å²) in [6.07, 6.45) is 5.98. The number of fused-ring (bicyclic) bond motifs is 2. The van der Waals surface area contributed by atoms with E-state index in [-0.39, 0.29) is 5.41 Å². The van der Waals surface area contributed by atoms with Crippen LogP contribution in [-0.4, -0.2) is 21.2 Å². The second-order valence-corrected chi connectivity index (χ2v) is 8.60. The maximum absolute atomic E-state index is 12.1. The van der Waals surface area contributed by atoms with E-state index in [0.29, 0.717) is 12.5 Å². The SMILES string of the molecule is CC(C)c1ccc2c(c1)N(S(C)(=O)=O)CC21CCCC1. The number of anilines is 1. The fraction of sp³-hybridized carbons (Fsp3) is 0.625. The average Bonchev–Trinajstić information content (AvgIpc) is 2.95. The van der Waals surface area contributed by atoms with E-state index in [2.05, 4.69) is 32.0 Å². The van der Waals surface area contributed by atoms with Crippen molar-refractivity contribution >= 4 is 15.7 Å². The fourth-order valence-corrected chi connectivity index (χ4v) is 4.77. The topological polar surface area (TPSA) is 37.4 Å².